The molecule has 0 aliphatic rings. The Kier molecular flexibility index (Phi) is 7.19. The summed E-state index contributed by atoms with van der Waals surface area (Å²) >= 11 is 7.58. The van der Waals surface area contributed by atoms with E-state index in [1.807, 2.05) is 24.3 Å². The van der Waals surface area contributed by atoms with Crippen LogP contribution in [0.3, 0.4) is 0 Å². The van der Waals surface area contributed by atoms with Crippen molar-refractivity contribution < 1.29 is 13.2 Å². The van der Waals surface area contributed by atoms with E-state index in [-0.39, 0.29) is 0 Å². The van der Waals surface area contributed by atoms with Gasteiger partial charge < -0.3 is 4.74 Å². The fourth-order valence-corrected chi connectivity index (χ4v) is 3.15. The zero-order chi connectivity index (χ0) is 17.6. The van der Waals surface area contributed by atoms with Crippen LogP contribution in [0.4, 0.5) is 0 Å². The minimum Gasteiger partial charge on any atom is -0.489 e. The van der Waals surface area contributed by atoms with Gasteiger partial charge >= 0.3 is 8.26 Å². The van der Waals surface area contributed by atoms with Gasteiger partial charge in [0.05, 0.1) is 5.88 Å². The van der Waals surface area contributed by atoms with E-state index < -0.39 is 8.26 Å². The number of rotatable bonds is 4. The van der Waals surface area contributed by atoms with Crippen molar-refractivity contribution in [2.45, 2.75) is 12.5 Å². The molecule has 24 heavy (non-hydrogen) atoms. The van der Waals surface area contributed by atoms with Crippen molar-refractivity contribution in [3.05, 3.63) is 65.0 Å². The summed E-state index contributed by atoms with van der Waals surface area (Å²) in [4.78, 5) is 1.19. The largest absolute Gasteiger partial charge is 0.489 e. The molecule has 0 atom stereocenters. The molecule has 0 aliphatic heterocycles. The van der Waals surface area contributed by atoms with Crippen molar-refractivity contribution in [3.8, 4) is 5.75 Å². The molecule has 0 saturated heterocycles. The summed E-state index contributed by atoms with van der Waals surface area (Å²) in [6, 6.07) is 18.5. The van der Waals surface area contributed by atoms with Crippen LogP contribution < -0.4 is 4.74 Å². The van der Waals surface area contributed by atoms with Crippen LogP contribution in [0.5, 0.6) is 5.75 Å². The molecule has 0 spiro atoms. The monoisotopic (exact) mass is 422 g/mol. The van der Waals surface area contributed by atoms with Gasteiger partial charge in [-0.2, -0.15) is 8.42 Å². The van der Waals surface area contributed by atoms with Crippen LogP contribution in [0.15, 0.2) is 54.6 Å². The summed E-state index contributed by atoms with van der Waals surface area (Å²) in [5, 5.41) is 1.23. The highest BCUT2D eigenvalue weighted by molar-refractivity contribution is 8.31. The normalized spacial score (nSPS) is 11.0. The lowest BCUT2D eigenvalue weighted by Gasteiger charge is -2.06. The summed E-state index contributed by atoms with van der Waals surface area (Å²) in [6.07, 6.45) is 0. The van der Waals surface area contributed by atoms with Gasteiger partial charge in [-0.05, 0) is 35.2 Å². The zero-order valence-electron chi connectivity index (χ0n) is 12.3. The van der Waals surface area contributed by atoms with Crippen molar-refractivity contribution in [2.75, 3.05) is 0 Å². The molecular weight excluding hydrogens is 411 g/mol. The number of thiophene rings is 1. The first-order valence-corrected chi connectivity index (χ1v) is 11.2. The van der Waals surface area contributed by atoms with E-state index in [0.717, 1.165) is 5.75 Å². The van der Waals surface area contributed by atoms with Crippen LogP contribution >= 0.6 is 44.3 Å². The molecule has 0 fully saturated rings. The third kappa shape index (κ3) is 6.87. The van der Waals surface area contributed by atoms with E-state index in [0.29, 0.717) is 12.5 Å². The fraction of sp³-hybridized carbons (Fsp3) is 0.125. The lowest BCUT2D eigenvalue weighted by atomic mass is 10.2. The molecule has 1 aromatic heterocycles. The first kappa shape index (κ1) is 19.3. The Bertz CT molecular complexity index is 885. The number of alkyl halides is 1. The standard InChI is InChI=1S/C16H13ClOS.Cl2O2S/c17-10-15-8-13-6-7-14(9-16(13)19-15)18-11-12-4-2-1-3-5-12;1-5(2,3)4/h1-9H,10-11H2;. The second-order valence-corrected chi connectivity index (χ2v) is 9.80. The molecule has 0 radical (unpaired) electrons. The first-order chi connectivity index (χ1) is 11.3. The molecule has 0 saturated carbocycles. The highest BCUT2D eigenvalue weighted by atomic mass is 36.0. The molecule has 0 N–H and O–H groups in total. The van der Waals surface area contributed by atoms with E-state index in [1.54, 1.807) is 11.3 Å². The average Bonchev–Trinajstić information content (AvgIpc) is 2.94. The van der Waals surface area contributed by atoms with Crippen molar-refractivity contribution >= 4 is 62.7 Å². The van der Waals surface area contributed by atoms with Gasteiger partial charge in [-0.3, -0.25) is 0 Å². The first-order valence-electron chi connectivity index (χ1n) is 6.74. The maximum atomic E-state index is 9.16. The van der Waals surface area contributed by atoms with Crippen molar-refractivity contribution in [1.82, 2.24) is 0 Å². The molecule has 128 valence electrons. The maximum absolute atomic E-state index is 9.16. The molecule has 8 heteroatoms. The SMILES string of the molecule is ClCc1cc2ccc(OCc3ccccc3)cc2s1.O=S(=O)(Cl)Cl. The van der Waals surface area contributed by atoms with Gasteiger partial charge in [0.2, 0.25) is 0 Å². The molecule has 0 unspecified atom stereocenters. The fourth-order valence-electron chi connectivity index (χ4n) is 1.96. The van der Waals surface area contributed by atoms with Crippen LogP contribution in [0, 0.1) is 0 Å². The topological polar surface area (TPSA) is 43.4 Å². The number of hydrogen-bond donors (Lipinski definition) is 0. The summed E-state index contributed by atoms with van der Waals surface area (Å²) in [5.74, 6) is 1.47. The summed E-state index contributed by atoms with van der Waals surface area (Å²) in [7, 11) is 4.81. The second kappa shape index (κ2) is 8.92. The van der Waals surface area contributed by atoms with Gasteiger partial charge in [0.1, 0.15) is 12.4 Å². The maximum Gasteiger partial charge on any atom is 0.317 e. The Hall–Kier alpha value is -0.980. The molecule has 3 nitrogen and oxygen atoms in total. The van der Waals surface area contributed by atoms with Gasteiger partial charge in [0.15, 0.2) is 0 Å². The van der Waals surface area contributed by atoms with Crippen LogP contribution in [-0.4, -0.2) is 8.42 Å². The second-order valence-electron chi connectivity index (χ2n) is 4.70. The van der Waals surface area contributed by atoms with E-state index in [2.05, 4.69) is 51.7 Å². The Morgan fingerprint density at radius 1 is 1.00 bits per heavy atom. The minimum absolute atomic E-state index is 0.569. The number of hydrogen-bond acceptors (Lipinski definition) is 4. The van der Waals surface area contributed by atoms with E-state index in [1.165, 1.54) is 20.5 Å². The number of halogens is 3. The van der Waals surface area contributed by atoms with Crippen LogP contribution in [0.25, 0.3) is 10.1 Å². The molecule has 0 bridgehead atoms. The Balaban J connectivity index is 0.000000368. The highest BCUT2D eigenvalue weighted by Crippen LogP contribution is 2.30. The lowest BCUT2D eigenvalue weighted by molar-refractivity contribution is 0.306. The Morgan fingerprint density at radius 2 is 1.67 bits per heavy atom. The predicted octanol–water partition coefficient (Wildman–Crippen LogP) is 5.93. The van der Waals surface area contributed by atoms with Gasteiger partial charge in [-0.15, -0.1) is 22.9 Å². The summed E-state index contributed by atoms with van der Waals surface area (Å²) < 4.78 is 25.4. The molecular formula is C16H13Cl3O3S2. The van der Waals surface area contributed by atoms with Crippen LogP contribution in [0.2, 0.25) is 0 Å². The third-order valence-corrected chi connectivity index (χ3v) is 4.47. The zero-order valence-corrected chi connectivity index (χ0v) is 16.2. The molecule has 3 aromatic rings. The van der Waals surface area contributed by atoms with Crippen LogP contribution in [0.1, 0.15) is 10.4 Å². The van der Waals surface area contributed by atoms with E-state index >= 15 is 0 Å². The quantitative estimate of drug-likeness (QED) is 0.386. The molecule has 0 aliphatic carbocycles. The highest BCUT2D eigenvalue weighted by Gasteiger charge is 2.03. The van der Waals surface area contributed by atoms with Gasteiger partial charge in [-0.25, -0.2) is 0 Å². The van der Waals surface area contributed by atoms with Crippen LogP contribution in [-0.2, 0) is 20.8 Å². The van der Waals surface area contributed by atoms with Crippen molar-refractivity contribution in [2.24, 2.45) is 0 Å². The molecule has 0 amide bonds. The lowest BCUT2D eigenvalue weighted by Crippen LogP contribution is -1.94. The minimum atomic E-state index is -3.72. The average molecular weight is 424 g/mol. The summed E-state index contributed by atoms with van der Waals surface area (Å²) in [6.45, 7) is 0.597. The molecule has 2 aromatic carbocycles. The van der Waals surface area contributed by atoms with E-state index in [4.69, 9.17) is 24.8 Å². The van der Waals surface area contributed by atoms with Gasteiger partial charge in [-0.1, -0.05) is 30.3 Å². The van der Waals surface area contributed by atoms with E-state index in [9.17, 15) is 0 Å². The predicted molar refractivity (Wildman–Crippen MR) is 103 cm³/mol. The van der Waals surface area contributed by atoms with Gasteiger partial charge in [0.25, 0.3) is 0 Å². The number of ether oxygens (including phenoxy) is 1. The van der Waals surface area contributed by atoms with Crippen molar-refractivity contribution in [1.29, 1.82) is 0 Å². The number of benzene rings is 2. The summed E-state index contributed by atoms with van der Waals surface area (Å²) in [5.41, 5.74) is 1.18. The third-order valence-electron chi connectivity index (χ3n) is 2.92. The number of fused-ring (bicyclic) bond motifs is 1. The molecule has 1 heterocycles. The Labute approximate surface area is 158 Å². The van der Waals surface area contributed by atoms with Gasteiger partial charge in [0, 0.05) is 30.9 Å². The Morgan fingerprint density at radius 3 is 2.29 bits per heavy atom. The van der Waals surface area contributed by atoms with Crippen molar-refractivity contribution in [3.63, 3.8) is 0 Å². The smallest absolute Gasteiger partial charge is 0.317 e. The molecule has 3 rings (SSSR count).